The number of carbonyl (C=O) groups is 1. The van der Waals surface area contributed by atoms with Gasteiger partial charge in [-0.15, -0.1) is 0 Å². The van der Waals surface area contributed by atoms with Gasteiger partial charge in [-0.25, -0.2) is 9.97 Å². The maximum Gasteiger partial charge on any atom is 0.225 e. The Hall–Kier alpha value is -2.38. The first-order chi connectivity index (χ1) is 13.0. The molecule has 0 saturated carbocycles. The molecule has 8 heteroatoms. The van der Waals surface area contributed by atoms with E-state index in [9.17, 15) is 4.79 Å². The number of anilines is 2. The number of nitrogens with one attached hydrogen (secondary N) is 3. The summed E-state index contributed by atoms with van der Waals surface area (Å²) in [4.78, 5) is 21.3. The summed E-state index contributed by atoms with van der Waals surface area (Å²) in [5.41, 5.74) is 3.65. The van der Waals surface area contributed by atoms with E-state index < -0.39 is 0 Å². The van der Waals surface area contributed by atoms with Crippen LogP contribution in [0.25, 0.3) is 0 Å². The predicted octanol–water partition coefficient (Wildman–Crippen LogP) is 2.13. The minimum atomic E-state index is -0.205. The average molecular weight is 390 g/mol. The van der Waals surface area contributed by atoms with Crippen LogP contribution in [0.2, 0.25) is 5.02 Å². The van der Waals surface area contributed by atoms with Crippen LogP contribution in [0, 0.1) is 12.8 Å². The Morgan fingerprint density at radius 2 is 2.30 bits per heavy atom. The number of aryl methyl sites for hydroxylation is 1. The number of aliphatic hydroxyl groups is 1. The number of nitrogens with zero attached hydrogens (tertiary/aromatic N) is 2. The molecule has 0 spiro atoms. The molecule has 144 valence electrons. The molecule has 2 atom stereocenters. The smallest absolute Gasteiger partial charge is 0.225 e. The maximum atomic E-state index is 12.6. The van der Waals surface area contributed by atoms with Crippen LogP contribution in [0.5, 0.6) is 0 Å². The molecule has 2 aromatic rings. The fourth-order valence-corrected chi connectivity index (χ4v) is 3.05. The fraction of sp³-hybridized carbons (Fsp3) is 0.421. The number of halogens is 1. The highest BCUT2D eigenvalue weighted by molar-refractivity contribution is 6.31. The first kappa shape index (κ1) is 19.4. The van der Waals surface area contributed by atoms with Crippen molar-refractivity contribution in [2.45, 2.75) is 32.9 Å². The monoisotopic (exact) mass is 389 g/mol. The van der Waals surface area contributed by atoms with E-state index in [0.29, 0.717) is 25.5 Å². The standard InChI is InChI=1S/C19H24ClN5O2/c1-11-5-13(3-4-15(11)20)7-22-18(27)14-6-16-17(21-8-14)9-23-19(25-16)24-12(2)10-26/h3-5,9,12,14,21,26H,6-8,10H2,1-2H3,(H,22,27)(H,23,24,25)/t12-,14?/m0/s1. The second-order valence-corrected chi connectivity index (χ2v) is 7.27. The number of hydrogen-bond donors (Lipinski definition) is 4. The zero-order chi connectivity index (χ0) is 19.4. The Morgan fingerprint density at radius 3 is 3.04 bits per heavy atom. The van der Waals surface area contributed by atoms with Gasteiger partial charge in [-0.3, -0.25) is 4.79 Å². The molecule has 1 aromatic carbocycles. The number of carbonyl (C=O) groups excluding carboxylic acids is 1. The van der Waals surface area contributed by atoms with E-state index >= 15 is 0 Å². The summed E-state index contributed by atoms with van der Waals surface area (Å²) in [6, 6.07) is 5.60. The van der Waals surface area contributed by atoms with Gasteiger partial charge in [0.1, 0.15) is 0 Å². The van der Waals surface area contributed by atoms with Crippen LogP contribution in [-0.2, 0) is 17.8 Å². The molecule has 0 aliphatic carbocycles. The number of fused-ring (bicyclic) bond motifs is 1. The van der Waals surface area contributed by atoms with Gasteiger partial charge in [-0.2, -0.15) is 0 Å². The van der Waals surface area contributed by atoms with Crippen LogP contribution in [0.1, 0.15) is 23.7 Å². The van der Waals surface area contributed by atoms with Crippen LogP contribution in [0.3, 0.4) is 0 Å². The lowest BCUT2D eigenvalue weighted by molar-refractivity contribution is -0.124. The number of aliphatic hydroxyl groups excluding tert-OH is 1. The van der Waals surface area contributed by atoms with Gasteiger partial charge in [0, 0.05) is 30.6 Å². The Kier molecular flexibility index (Phi) is 6.13. The van der Waals surface area contributed by atoms with Crippen molar-refractivity contribution in [3.63, 3.8) is 0 Å². The Morgan fingerprint density at radius 1 is 1.48 bits per heavy atom. The van der Waals surface area contributed by atoms with Crippen molar-refractivity contribution in [2.24, 2.45) is 5.92 Å². The third-order valence-corrected chi connectivity index (χ3v) is 4.98. The number of hydrogen-bond acceptors (Lipinski definition) is 6. The SMILES string of the molecule is Cc1cc(CNC(=O)C2CNc3cnc(N[C@@H](C)CO)nc3C2)ccc1Cl. The topological polar surface area (TPSA) is 99.2 Å². The lowest BCUT2D eigenvalue weighted by Gasteiger charge is -2.25. The van der Waals surface area contributed by atoms with Gasteiger partial charge in [0.25, 0.3) is 0 Å². The molecular formula is C19H24ClN5O2. The van der Waals surface area contributed by atoms with E-state index in [4.69, 9.17) is 16.7 Å². The van der Waals surface area contributed by atoms with Gasteiger partial charge in [0.05, 0.1) is 30.1 Å². The normalized spacial score (nSPS) is 16.8. The van der Waals surface area contributed by atoms with Gasteiger partial charge in [-0.1, -0.05) is 23.7 Å². The average Bonchev–Trinajstić information content (AvgIpc) is 2.68. The predicted molar refractivity (Wildman–Crippen MR) is 106 cm³/mol. The van der Waals surface area contributed by atoms with Crippen LogP contribution in [0.4, 0.5) is 11.6 Å². The van der Waals surface area contributed by atoms with Gasteiger partial charge in [-0.05, 0) is 31.0 Å². The molecule has 4 N–H and O–H groups in total. The first-order valence-corrected chi connectivity index (χ1v) is 9.34. The van der Waals surface area contributed by atoms with Gasteiger partial charge < -0.3 is 21.1 Å². The summed E-state index contributed by atoms with van der Waals surface area (Å²) < 4.78 is 0. The van der Waals surface area contributed by atoms with Crippen molar-refractivity contribution < 1.29 is 9.90 Å². The third-order valence-electron chi connectivity index (χ3n) is 4.56. The molecule has 0 radical (unpaired) electrons. The van der Waals surface area contributed by atoms with Crippen molar-refractivity contribution in [1.82, 2.24) is 15.3 Å². The molecule has 0 bridgehead atoms. The molecule has 1 aliphatic rings. The number of amides is 1. The van der Waals surface area contributed by atoms with Crippen molar-refractivity contribution in [3.8, 4) is 0 Å². The molecule has 2 heterocycles. The summed E-state index contributed by atoms with van der Waals surface area (Å²) in [5, 5.41) is 19.1. The van der Waals surface area contributed by atoms with Crippen molar-refractivity contribution in [1.29, 1.82) is 0 Å². The molecule has 3 rings (SSSR count). The van der Waals surface area contributed by atoms with Gasteiger partial charge in [0.15, 0.2) is 0 Å². The number of benzene rings is 1. The van der Waals surface area contributed by atoms with Gasteiger partial charge >= 0.3 is 0 Å². The fourth-order valence-electron chi connectivity index (χ4n) is 2.93. The molecule has 7 nitrogen and oxygen atoms in total. The molecule has 1 unspecified atom stereocenters. The van der Waals surface area contributed by atoms with E-state index in [1.165, 1.54) is 0 Å². The van der Waals surface area contributed by atoms with E-state index in [2.05, 4.69) is 25.9 Å². The zero-order valence-electron chi connectivity index (χ0n) is 15.4. The summed E-state index contributed by atoms with van der Waals surface area (Å²) in [6.07, 6.45) is 2.25. The highest BCUT2D eigenvalue weighted by Crippen LogP contribution is 2.24. The molecule has 0 fully saturated rings. The molecule has 27 heavy (non-hydrogen) atoms. The highest BCUT2D eigenvalue weighted by Gasteiger charge is 2.26. The quantitative estimate of drug-likeness (QED) is 0.604. The lowest BCUT2D eigenvalue weighted by Crippen LogP contribution is -2.38. The Bertz CT molecular complexity index is 830. The van der Waals surface area contributed by atoms with E-state index in [0.717, 1.165) is 27.5 Å². The summed E-state index contributed by atoms with van der Waals surface area (Å²) in [5.74, 6) is 0.233. The maximum absolute atomic E-state index is 12.6. The Balaban J connectivity index is 1.61. The van der Waals surface area contributed by atoms with Gasteiger partial charge in [0.2, 0.25) is 11.9 Å². The van der Waals surface area contributed by atoms with Crippen molar-refractivity contribution >= 4 is 29.1 Å². The lowest BCUT2D eigenvalue weighted by atomic mass is 9.97. The minimum Gasteiger partial charge on any atom is -0.394 e. The van der Waals surface area contributed by atoms with Crippen molar-refractivity contribution in [2.75, 3.05) is 23.8 Å². The molecule has 1 aliphatic heterocycles. The molecule has 1 aromatic heterocycles. The summed E-state index contributed by atoms with van der Waals surface area (Å²) in [7, 11) is 0. The third kappa shape index (κ3) is 4.87. The van der Waals surface area contributed by atoms with E-state index in [-0.39, 0.29) is 24.5 Å². The summed E-state index contributed by atoms with van der Waals surface area (Å²) >= 11 is 6.04. The van der Waals surface area contributed by atoms with Crippen LogP contribution >= 0.6 is 11.6 Å². The first-order valence-electron chi connectivity index (χ1n) is 8.96. The van der Waals surface area contributed by atoms with Crippen LogP contribution in [-0.4, -0.2) is 40.2 Å². The molecule has 0 saturated heterocycles. The van der Waals surface area contributed by atoms with E-state index in [1.807, 2.05) is 32.0 Å². The number of rotatable bonds is 6. The second kappa shape index (κ2) is 8.54. The zero-order valence-corrected chi connectivity index (χ0v) is 16.2. The van der Waals surface area contributed by atoms with Crippen molar-refractivity contribution in [3.05, 3.63) is 46.2 Å². The second-order valence-electron chi connectivity index (χ2n) is 6.87. The molecule has 1 amide bonds. The van der Waals surface area contributed by atoms with Crippen LogP contribution in [0.15, 0.2) is 24.4 Å². The minimum absolute atomic E-state index is 0.00605. The molecular weight excluding hydrogens is 366 g/mol. The summed E-state index contributed by atoms with van der Waals surface area (Å²) in [6.45, 7) is 4.79. The number of aromatic nitrogens is 2. The largest absolute Gasteiger partial charge is 0.394 e. The van der Waals surface area contributed by atoms with Crippen LogP contribution < -0.4 is 16.0 Å². The van der Waals surface area contributed by atoms with E-state index in [1.54, 1.807) is 6.20 Å². The Labute approximate surface area is 163 Å². The highest BCUT2D eigenvalue weighted by atomic mass is 35.5.